The van der Waals surface area contributed by atoms with Gasteiger partial charge in [-0.3, -0.25) is 4.40 Å². The topological polar surface area (TPSA) is 57.0 Å². The van der Waals surface area contributed by atoms with Gasteiger partial charge < -0.3 is 19.5 Å². The average Bonchev–Trinajstić information content (AvgIpc) is 3.10. The fourth-order valence-corrected chi connectivity index (χ4v) is 3.67. The Kier molecular flexibility index (Phi) is 4.59. The molecule has 0 aliphatic carbocycles. The molecule has 2 aromatic heterocycles. The highest BCUT2D eigenvalue weighted by Gasteiger charge is 2.21. The zero-order chi connectivity index (χ0) is 20.7. The lowest BCUT2D eigenvalue weighted by Crippen LogP contribution is -2.15. The highest BCUT2D eigenvalue weighted by atomic mass is 35.5. The third-order valence-electron chi connectivity index (χ3n) is 4.83. The SMILES string of the molecule is COc1ccc2nc(-c3c(F)cccc3Cl)c(Nc3ccc4c(c3)OCCO4)n2c1. The van der Waals surface area contributed by atoms with Crippen molar-refractivity contribution in [2.75, 3.05) is 25.6 Å². The molecule has 0 fully saturated rings. The minimum absolute atomic E-state index is 0.224. The standard InChI is InChI=1S/C22H17ClFN3O3/c1-28-14-6-8-19-26-21(20-15(23)3-2-4-16(20)24)22(27(19)12-14)25-13-5-7-17-18(11-13)30-10-9-29-17/h2-8,11-12,25H,9-10H2,1H3. The number of anilines is 2. The van der Waals surface area contributed by atoms with Gasteiger partial charge in [0, 0.05) is 11.8 Å². The van der Waals surface area contributed by atoms with Crippen LogP contribution in [0, 0.1) is 5.82 Å². The van der Waals surface area contributed by atoms with E-state index in [1.54, 1.807) is 42.0 Å². The van der Waals surface area contributed by atoms with Crippen LogP contribution in [0.5, 0.6) is 17.2 Å². The number of methoxy groups -OCH3 is 1. The molecule has 4 aromatic rings. The molecule has 1 aliphatic rings. The van der Waals surface area contributed by atoms with Crippen molar-refractivity contribution in [1.29, 1.82) is 0 Å². The number of hydrogen-bond donors (Lipinski definition) is 1. The molecule has 2 aromatic carbocycles. The van der Waals surface area contributed by atoms with Gasteiger partial charge in [-0.2, -0.15) is 0 Å². The van der Waals surface area contributed by atoms with E-state index in [4.69, 9.17) is 25.8 Å². The molecule has 8 heteroatoms. The molecule has 30 heavy (non-hydrogen) atoms. The summed E-state index contributed by atoms with van der Waals surface area (Å²) in [6.45, 7) is 1.00. The summed E-state index contributed by atoms with van der Waals surface area (Å²) in [7, 11) is 1.58. The maximum Gasteiger partial charge on any atom is 0.163 e. The number of nitrogens with zero attached hydrogens (tertiary/aromatic N) is 2. The van der Waals surface area contributed by atoms with Crippen LogP contribution in [0.4, 0.5) is 15.9 Å². The summed E-state index contributed by atoms with van der Waals surface area (Å²) in [5.74, 6) is 2.05. The van der Waals surface area contributed by atoms with Crippen LogP contribution in [0.3, 0.4) is 0 Å². The minimum Gasteiger partial charge on any atom is -0.495 e. The van der Waals surface area contributed by atoms with Gasteiger partial charge >= 0.3 is 0 Å². The number of pyridine rings is 1. The lowest BCUT2D eigenvalue weighted by Gasteiger charge is -2.19. The average molecular weight is 426 g/mol. The Labute approximate surface area is 176 Å². The number of nitrogens with one attached hydrogen (secondary N) is 1. The van der Waals surface area contributed by atoms with Crippen LogP contribution < -0.4 is 19.5 Å². The Hall–Kier alpha value is -3.45. The van der Waals surface area contributed by atoms with E-state index in [0.717, 1.165) is 5.69 Å². The van der Waals surface area contributed by atoms with Crippen molar-refractivity contribution < 1.29 is 18.6 Å². The second-order valence-electron chi connectivity index (χ2n) is 6.69. The number of halogens is 2. The maximum atomic E-state index is 14.7. The Morgan fingerprint density at radius 3 is 2.73 bits per heavy atom. The number of aromatic nitrogens is 2. The highest BCUT2D eigenvalue weighted by molar-refractivity contribution is 6.33. The number of ether oxygens (including phenoxy) is 3. The van der Waals surface area contributed by atoms with Gasteiger partial charge in [-0.1, -0.05) is 17.7 Å². The van der Waals surface area contributed by atoms with Crippen LogP contribution in [-0.2, 0) is 0 Å². The maximum absolute atomic E-state index is 14.7. The summed E-state index contributed by atoms with van der Waals surface area (Å²) in [5.41, 5.74) is 1.96. The van der Waals surface area contributed by atoms with Gasteiger partial charge in [0.25, 0.3) is 0 Å². The summed E-state index contributed by atoms with van der Waals surface area (Å²) in [4.78, 5) is 4.63. The van der Waals surface area contributed by atoms with E-state index in [0.29, 0.717) is 47.6 Å². The van der Waals surface area contributed by atoms with Crippen LogP contribution >= 0.6 is 11.6 Å². The molecule has 0 amide bonds. The second kappa shape index (κ2) is 7.42. The van der Waals surface area contributed by atoms with E-state index >= 15 is 0 Å². The molecular weight excluding hydrogens is 409 g/mol. The molecule has 0 bridgehead atoms. The van der Waals surface area contributed by atoms with Crippen molar-refractivity contribution >= 4 is 28.8 Å². The summed E-state index contributed by atoms with van der Waals surface area (Å²) in [6.07, 6.45) is 1.78. The molecule has 3 heterocycles. The number of hydrogen-bond acceptors (Lipinski definition) is 5. The quantitative estimate of drug-likeness (QED) is 0.479. The molecule has 1 N–H and O–H groups in total. The van der Waals surface area contributed by atoms with E-state index in [1.165, 1.54) is 6.07 Å². The molecule has 0 atom stereocenters. The van der Waals surface area contributed by atoms with Crippen LogP contribution in [0.1, 0.15) is 0 Å². The predicted octanol–water partition coefficient (Wildman–Crippen LogP) is 5.32. The van der Waals surface area contributed by atoms with Gasteiger partial charge in [-0.05, 0) is 36.4 Å². The van der Waals surface area contributed by atoms with Crippen molar-refractivity contribution in [2.45, 2.75) is 0 Å². The van der Waals surface area contributed by atoms with E-state index < -0.39 is 5.82 Å². The molecule has 0 saturated carbocycles. The van der Waals surface area contributed by atoms with Gasteiger partial charge in [0.1, 0.15) is 41.9 Å². The normalized spacial score (nSPS) is 12.8. The van der Waals surface area contributed by atoms with Crippen molar-refractivity contribution in [2.24, 2.45) is 0 Å². The van der Waals surface area contributed by atoms with Crippen molar-refractivity contribution in [3.05, 3.63) is 65.6 Å². The Balaban J connectivity index is 1.69. The summed E-state index contributed by atoms with van der Waals surface area (Å²) in [6, 6.07) is 13.7. The summed E-state index contributed by atoms with van der Waals surface area (Å²) < 4.78 is 33.1. The molecule has 0 saturated heterocycles. The van der Waals surface area contributed by atoms with E-state index in [1.807, 2.05) is 18.2 Å². The molecule has 5 rings (SSSR count). The van der Waals surface area contributed by atoms with E-state index in [9.17, 15) is 4.39 Å². The lowest BCUT2D eigenvalue weighted by molar-refractivity contribution is 0.171. The molecule has 1 aliphatic heterocycles. The minimum atomic E-state index is -0.455. The molecule has 0 unspecified atom stereocenters. The Bertz CT molecular complexity index is 1240. The van der Waals surface area contributed by atoms with Crippen LogP contribution in [0.2, 0.25) is 5.02 Å². The number of rotatable bonds is 4. The fraction of sp³-hybridized carbons (Fsp3) is 0.136. The summed E-state index contributed by atoms with van der Waals surface area (Å²) >= 11 is 6.34. The monoisotopic (exact) mass is 425 g/mol. The number of imidazole rings is 1. The van der Waals surface area contributed by atoms with Crippen molar-refractivity contribution in [3.63, 3.8) is 0 Å². The van der Waals surface area contributed by atoms with Gasteiger partial charge in [0.2, 0.25) is 0 Å². The van der Waals surface area contributed by atoms with Crippen LogP contribution in [0.25, 0.3) is 16.9 Å². The Morgan fingerprint density at radius 2 is 1.93 bits per heavy atom. The fourth-order valence-electron chi connectivity index (χ4n) is 3.42. The third kappa shape index (κ3) is 3.17. The zero-order valence-corrected chi connectivity index (χ0v) is 16.7. The van der Waals surface area contributed by atoms with Crippen LogP contribution in [0.15, 0.2) is 54.7 Å². The number of benzene rings is 2. The van der Waals surface area contributed by atoms with Gasteiger partial charge in [0.15, 0.2) is 11.5 Å². The molecule has 0 radical (unpaired) electrons. The Morgan fingerprint density at radius 1 is 1.10 bits per heavy atom. The highest BCUT2D eigenvalue weighted by Crippen LogP contribution is 2.39. The molecule has 0 spiro atoms. The largest absolute Gasteiger partial charge is 0.495 e. The first-order valence-corrected chi connectivity index (χ1v) is 9.69. The molecule has 152 valence electrons. The van der Waals surface area contributed by atoms with Gasteiger partial charge in [0.05, 0.1) is 23.9 Å². The van der Waals surface area contributed by atoms with Crippen LogP contribution in [-0.4, -0.2) is 29.7 Å². The van der Waals surface area contributed by atoms with E-state index in [2.05, 4.69) is 10.3 Å². The third-order valence-corrected chi connectivity index (χ3v) is 5.15. The molecule has 6 nitrogen and oxygen atoms in total. The van der Waals surface area contributed by atoms with Crippen molar-refractivity contribution in [3.8, 4) is 28.5 Å². The zero-order valence-electron chi connectivity index (χ0n) is 16.0. The molecular formula is C22H17ClFN3O3. The van der Waals surface area contributed by atoms with Gasteiger partial charge in [-0.15, -0.1) is 0 Å². The first-order valence-electron chi connectivity index (χ1n) is 9.31. The second-order valence-corrected chi connectivity index (χ2v) is 7.09. The first kappa shape index (κ1) is 18.6. The smallest absolute Gasteiger partial charge is 0.163 e. The first-order chi connectivity index (χ1) is 14.6. The lowest BCUT2D eigenvalue weighted by atomic mass is 10.1. The summed E-state index contributed by atoms with van der Waals surface area (Å²) in [5, 5.41) is 3.61. The number of fused-ring (bicyclic) bond motifs is 2. The van der Waals surface area contributed by atoms with Crippen molar-refractivity contribution in [1.82, 2.24) is 9.38 Å². The van der Waals surface area contributed by atoms with Gasteiger partial charge in [-0.25, -0.2) is 9.37 Å². The van der Waals surface area contributed by atoms with E-state index in [-0.39, 0.29) is 10.6 Å². The predicted molar refractivity (Wildman–Crippen MR) is 113 cm³/mol.